The lowest BCUT2D eigenvalue weighted by molar-refractivity contribution is 0.775. The molecule has 0 bridgehead atoms. The minimum atomic E-state index is 0. The summed E-state index contributed by atoms with van der Waals surface area (Å²) in [5, 5.41) is 0.796. The van der Waals surface area contributed by atoms with Crippen LogP contribution in [0.2, 0.25) is 5.02 Å². The SMILES string of the molecule is CCC(c1ccncc1)c1cccc(Cl)c1.N. The highest BCUT2D eigenvalue weighted by molar-refractivity contribution is 6.30. The van der Waals surface area contributed by atoms with Crippen LogP contribution in [0.5, 0.6) is 0 Å². The summed E-state index contributed by atoms with van der Waals surface area (Å²) >= 11 is 6.02. The van der Waals surface area contributed by atoms with Crippen molar-refractivity contribution in [1.29, 1.82) is 0 Å². The highest BCUT2D eigenvalue weighted by Crippen LogP contribution is 2.28. The maximum Gasteiger partial charge on any atom is 0.0408 e. The Bertz CT molecular complexity index is 457. The third-order valence-electron chi connectivity index (χ3n) is 2.77. The molecule has 0 saturated heterocycles. The molecule has 0 aliphatic rings. The molecule has 1 atom stereocenters. The predicted octanol–water partition coefficient (Wildman–Crippen LogP) is 4.44. The summed E-state index contributed by atoms with van der Waals surface area (Å²) in [5.41, 5.74) is 2.56. The van der Waals surface area contributed by atoms with Crippen LogP contribution in [0, 0.1) is 0 Å². The van der Waals surface area contributed by atoms with Gasteiger partial charge < -0.3 is 6.15 Å². The van der Waals surface area contributed by atoms with Crippen molar-refractivity contribution in [2.75, 3.05) is 0 Å². The van der Waals surface area contributed by atoms with Crippen molar-refractivity contribution < 1.29 is 0 Å². The Morgan fingerprint density at radius 3 is 2.41 bits per heavy atom. The molecule has 1 heterocycles. The van der Waals surface area contributed by atoms with Crippen molar-refractivity contribution in [3.63, 3.8) is 0 Å². The Morgan fingerprint density at radius 1 is 1.12 bits per heavy atom. The number of nitrogens with zero attached hydrogens (tertiary/aromatic N) is 1. The van der Waals surface area contributed by atoms with Crippen LogP contribution < -0.4 is 6.15 Å². The van der Waals surface area contributed by atoms with E-state index in [1.165, 1.54) is 11.1 Å². The van der Waals surface area contributed by atoms with Crippen LogP contribution in [0.25, 0.3) is 0 Å². The van der Waals surface area contributed by atoms with Crippen molar-refractivity contribution in [3.8, 4) is 0 Å². The zero-order chi connectivity index (χ0) is 11.4. The Morgan fingerprint density at radius 2 is 1.82 bits per heavy atom. The van der Waals surface area contributed by atoms with Gasteiger partial charge in [0.05, 0.1) is 0 Å². The molecule has 0 radical (unpaired) electrons. The third kappa shape index (κ3) is 3.29. The van der Waals surface area contributed by atoms with Gasteiger partial charge in [-0.15, -0.1) is 0 Å². The van der Waals surface area contributed by atoms with Gasteiger partial charge in [-0.1, -0.05) is 30.7 Å². The molecule has 0 aliphatic heterocycles. The van der Waals surface area contributed by atoms with E-state index in [1.807, 2.05) is 30.6 Å². The summed E-state index contributed by atoms with van der Waals surface area (Å²) in [6.07, 6.45) is 4.73. The molecule has 90 valence electrons. The van der Waals surface area contributed by atoms with Crippen LogP contribution in [0.15, 0.2) is 48.8 Å². The fourth-order valence-electron chi connectivity index (χ4n) is 1.98. The first-order valence-corrected chi connectivity index (χ1v) is 5.84. The number of pyridine rings is 1. The lowest BCUT2D eigenvalue weighted by atomic mass is 9.90. The second-order valence-electron chi connectivity index (χ2n) is 3.80. The topological polar surface area (TPSA) is 47.9 Å². The van der Waals surface area contributed by atoms with Crippen LogP contribution in [0.3, 0.4) is 0 Å². The first-order valence-electron chi connectivity index (χ1n) is 5.46. The van der Waals surface area contributed by atoms with E-state index in [4.69, 9.17) is 11.6 Å². The van der Waals surface area contributed by atoms with Crippen molar-refractivity contribution in [2.45, 2.75) is 19.3 Å². The van der Waals surface area contributed by atoms with E-state index < -0.39 is 0 Å². The van der Waals surface area contributed by atoms with Crippen LogP contribution >= 0.6 is 11.6 Å². The minimum Gasteiger partial charge on any atom is -0.344 e. The number of hydrogen-bond acceptors (Lipinski definition) is 2. The number of aromatic nitrogens is 1. The summed E-state index contributed by atoms with van der Waals surface area (Å²) < 4.78 is 0. The number of halogens is 1. The molecule has 1 aromatic heterocycles. The van der Waals surface area contributed by atoms with Gasteiger partial charge in [0, 0.05) is 23.3 Å². The normalized spacial score (nSPS) is 11.6. The molecule has 0 spiro atoms. The molecule has 0 saturated carbocycles. The average Bonchev–Trinajstić information content (AvgIpc) is 2.31. The minimum absolute atomic E-state index is 0. The summed E-state index contributed by atoms with van der Waals surface area (Å²) in [7, 11) is 0. The van der Waals surface area contributed by atoms with E-state index in [9.17, 15) is 0 Å². The van der Waals surface area contributed by atoms with Gasteiger partial charge >= 0.3 is 0 Å². The fraction of sp³-hybridized carbons (Fsp3) is 0.214. The summed E-state index contributed by atoms with van der Waals surface area (Å²) in [6, 6.07) is 12.2. The van der Waals surface area contributed by atoms with Gasteiger partial charge in [0.2, 0.25) is 0 Å². The summed E-state index contributed by atoms with van der Waals surface area (Å²) in [4.78, 5) is 4.05. The zero-order valence-corrected chi connectivity index (χ0v) is 10.7. The second-order valence-corrected chi connectivity index (χ2v) is 4.23. The lowest BCUT2D eigenvalue weighted by Crippen LogP contribution is -1.99. The average molecular weight is 249 g/mol. The molecule has 0 aliphatic carbocycles. The van der Waals surface area contributed by atoms with Crippen LogP contribution in [0.1, 0.15) is 30.4 Å². The Labute approximate surface area is 107 Å². The zero-order valence-electron chi connectivity index (χ0n) is 9.94. The van der Waals surface area contributed by atoms with E-state index in [2.05, 4.69) is 30.1 Å². The molecular weight excluding hydrogens is 232 g/mol. The van der Waals surface area contributed by atoms with Crippen LogP contribution in [0.4, 0.5) is 0 Å². The summed E-state index contributed by atoms with van der Waals surface area (Å²) in [6.45, 7) is 2.19. The Hall–Kier alpha value is -1.38. The van der Waals surface area contributed by atoms with Gasteiger partial charge in [0.25, 0.3) is 0 Å². The largest absolute Gasteiger partial charge is 0.344 e. The maximum absolute atomic E-state index is 6.02. The van der Waals surface area contributed by atoms with Gasteiger partial charge in [-0.3, -0.25) is 4.98 Å². The van der Waals surface area contributed by atoms with Crippen LogP contribution in [-0.2, 0) is 0 Å². The molecule has 17 heavy (non-hydrogen) atoms. The quantitative estimate of drug-likeness (QED) is 0.873. The van der Waals surface area contributed by atoms with E-state index in [1.54, 1.807) is 0 Å². The highest BCUT2D eigenvalue weighted by atomic mass is 35.5. The number of rotatable bonds is 3. The van der Waals surface area contributed by atoms with Gasteiger partial charge in [-0.05, 0) is 41.8 Å². The molecule has 0 fully saturated rings. The smallest absolute Gasteiger partial charge is 0.0408 e. The Balaban J connectivity index is 0.00000144. The van der Waals surface area contributed by atoms with Crippen LogP contribution in [-0.4, -0.2) is 4.98 Å². The van der Waals surface area contributed by atoms with E-state index in [0.717, 1.165) is 11.4 Å². The molecule has 2 aromatic rings. The first kappa shape index (κ1) is 13.7. The number of hydrogen-bond donors (Lipinski definition) is 1. The van der Waals surface area contributed by atoms with Gasteiger partial charge in [-0.25, -0.2) is 0 Å². The Kier molecular flexibility index (Phi) is 5.13. The molecule has 2 nitrogen and oxygen atoms in total. The standard InChI is InChI=1S/C14H14ClN.H3N/c1-2-14(11-6-8-16-9-7-11)12-4-3-5-13(15)10-12;/h3-10,14H,2H2,1H3;1H3. The monoisotopic (exact) mass is 248 g/mol. The van der Waals surface area contributed by atoms with Gasteiger partial charge in [0.15, 0.2) is 0 Å². The molecule has 0 amide bonds. The van der Waals surface area contributed by atoms with Crippen molar-refractivity contribution in [2.24, 2.45) is 0 Å². The van der Waals surface area contributed by atoms with E-state index >= 15 is 0 Å². The van der Waals surface area contributed by atoms with E-state index in [0.29, 0.717) is 5.92 Å². The summed E-state index contributed by atoms with van der Waals surface area (Å²) in [5.74, 6) is 0.404. The molecule has 2 rings (SSSR count). The molecule has 3 N–H and O–H groups in total. The highest BCUT2D eigenvalue weighted by Gasteiger charge is 2.11. The number of benzene rings is 1. The van der Waals surface area contributed by atoms with Crippen molar-refractivity contribution in [1.82, 2.24) is 11.1 Å². The maximum atomic E-state index is 6.02. The molecular formula is C14H17ClN2. The first-order chi connectivity index (χ1) is 7.81. The molecule has 3 heteroatoms. The third-order valence-corrected chi connectivity index (χ3v) is 3.00. The predicted molar refractivity (Wildman–Crippen MR) is 72.8 cm³/mol. The van der Waals surface area contributed by atoms with Crippen molar-refractivity contribution >= 4 is 11.6 Å². The molecule has 1 aromatic carbocycles. The second kappa shape index (κ2) is 6.38. The lowest BCUT2D eigenvalue weighted by Gasteiger charge is -2.15. The van der Waals surface area contributed by atoms with Gasteiger partial charge in [0.1, 0.15) is 0 Å². The molecule has 1 unspecified atom stereocenters. The fourth-order valence-corrected chi connectivity index (χ4v) is 2.18. The van der Waals surface area contributed by atoms with Crippen molar-refractivity contribution in [3.05, 3.63) is 64.9 Å². The van der Waals surface area contributed by atoms with E-state index in [-0.39, 0.29) is 6.15 Å². The van der Waals surface area contributed by atoms with Gasteiger partial charge in [-0.2, -0.15) is 0 Å².